The molecule has 104 valence electrons. The van der Waals surface area contributed by atoms with Crippen molar-refractivity contribution in [3.63, 3.8) is 0 Å². The lowest BCUT2D eigenvalue weighted by Gasteiger charge is -2.09. The molecule has 0 atom stereocenters. The van der Waals surface area contributed by atoms with E-state index in [0.717, 1.165) is 32.2 Å². The molecule has 0 bridgehead atoms. The van der Waals surface area contributed by atoms with E-state index in [2.05, 4.69) is 32.1 Å². The highest BCUT2D eigenvalue weighted by atomic mass is 79.9. The lowest BCUT2D eigenvalue weighted by molar-refractivity contribution is 0.214. The molecule has 0 fully saturated rings. The Morgan fingerprint density at radius 3 is 2.67 bits per heavy atom. The summed E-state index contributed by atoms with van der Waals surface area (Å²) in [6.07, 6.45) is 1.82. The number of hydrogen-bond acceptors (Lipinski definition) is 3. The molecule has 0 unspecified atom stereocenters. The van der Waals surface area contributed by atoms with Gasteiger partial charge in [-0.25, -0.2) is 0 Å². The van der Waals surface area contributed by atoms with Gasteiger partial charge in [0.25, 0.3) is 0 Å². The summed E-state index contributed by atoms with van der Waals surface area (Å²) in [7, 11) is 1.55. The van der Waals surface area contributed by atoms with Crippen LogP contribution in [0.15, 0.2) is 70.4 Å². The second-order valence-electron chi connectivity index (χ2n) is 4.52. The number of nitrogens with zero attached hydrogens (tertiary/aromatic N) is 2. The monoisotopic (exact) mass is 340 g/mol. The molecule has 21 heavy (non-hydrogen) atoms. The summed E-state index contributed by atoms with van der Waals surface area (Å²) in [4.78, 5) is 9.51. The van der Waals surface area contributed by atoms with Crippen molar-refractivity contribution in [3.8, 4) is 0 Å². The Morgan fingerprint density at radius 1 is 1.10 bits per heavy atom. The molecule has 1 heterocycles. The van der Waals surface area contributed by atoms with E-state index in [1.54, 1.807) is 7.11 Å². The predicted molar refractivity (Wildman–Crippen MR) is 88.5 cm³/mol. The fourth-order valence-electron chi connectivity index (χ4n) is 2.20. The van der Waals surface area contributed by atoms with Crippen LogP contribution in [0.3, 0.4) is 0 Å². The van der Waals surface area contributed by atoms with Gasteiger partial charge in [0.2, 0.25) is 0 Å². The first-order valence-electron chi connectivity index (χ1n) is 6.51. The van der Waals surface area contributed by atoms with Crippen LogP contribution < -0.4 is 0 Å². The zero-order valence-corrected chi connectivity index (χ0v) is 13.0. The molecular formula is C17H13BrN2O. The van der Waals surface area contributed by atoms with E-state index in [9.17, 15) is 0 Å². The van der Waals surface area contributed by atoms with E-state index in [4.69, 9.17) is 4.84 Å². The van der Waals surface area contributed by atoms with Crippen LogP contribution >= 0.6 is 15.9 Å². The highest BCUT2D eigenvalue weighted by molar-refractivity contribution is 9.10. The van der Waals surface area contributed by atoms with E-state index in [-0.39, 0.29) is 0 Å². The molecule has 1 aromatic heterocycles. The number of aromatic nitrogens is 1. The van der Waals surface area contributed by atoms with Crippen LogP contribution in [0, 0.1) is 0 Å². The second kappa shape index (κ2) is 6.06. The molecule has 3 aromatic rings. The zero-order chi connectivity index (χ0) is 14.7. The molecule has 0 aliphatic rings. The number of halogens is 1. The predicted octanol–water partition coefficient (Wildman–Crippen LogP) is 4.40. The number of rotatable bonds is 3. The fraction of sp³-hybridized carbons (Fsp3) is 0.0588. The second-order valence-corrected chi connectivity index (χ2v) is 5.37. The van der Waals surface area contributed by atoms with Gasteiger partial charge in [-0.15, -0.1) is 0 Å². The standard InChI is InChI=1S/C17H13BrN2O/c1-21-20-17(14-7-3-4-8-15(14)18)13-10-12-6-2-5-9-16(12)19-11-13/h2-11H,1H3. The van der Waals surface area contributed by atoms with Crippen molar-refractivity contribution in [2.24, 2.45) is 5.16 Å². The van der Waals surface area contributed by atoms with Gasteiger partial charge in [0.1, 0.15) is 12.8 Å². The van der Waals surface area contributed by atoms with E-state index in [1.165, 1.54) is 0 Å². The maximum atomic E-state index is 5.02. The van der Waals surface area contributed by atoms with Gasteiger partial charge in [0.15, 0.2) is 0 Å². The number of benzene rings is 2. The number of para-hydroxylation sites is 1. The summed E-state index contributed by atoms with van der Waals surface area (Å²) in [5.41, 5.74) is 3.60. The largest absolute Gasteiger partial charge is 0.399 e. The fourth-order valence-corrected chi connectivity index (χ4v) is 2.68. The quantitative estimate of drug-likeness (QED) is 0.523. The molecule has 0 spiro atoms. The molecule has 3 rings (SSSR count). The normalized spacial score (nSPS) is 11.6. The van der Waals surface area contributed by atoms with Crippen LogP contribution in [-0.2, 0) is 4.84 Å². The number of fused-ring (bicyclic) bond motifs is 1. The first-order chi connectivity index (χ1) is 10.3. The highest BCUT2D eigenvalue weighted by Gasteiger charge is 2.12. The molecule has 3 nitrogen and oxygen atoms in total. The third-order valence-electron chi connectivity index (χ3n) is 3.18. The Hall–Kier alpha value is -2.20. The average Bonchev–Trinajstić information content (AvgIpc) is 2.53. The number of hydrogen-bond donors (Lipinski definition) is 0. The molecule has 4 heteroatoms. The number of pyridine rings is 1. The summed E-state index contributed by atoms with van der Waals surface area (Å²) in [5.74, 6) is 0. The summed E-state index contributed by atoms with van der Waals surface area (Å²) < 4.78 is 0.967. The SMILES string of the molecule is CON=C(c1cnc2ccccc2c1)c1ccccc1Br. The maximum Gasteiger partial charge on any atom is 0.119 e. The van der Waals surface area contributed by atoms with Gasteiger partial charge in [-0.05, 0) is 18.2 Å². The first-order valence-corrected chi connectivity index (χ1v) is 7.30. The minimum Gasteiger partial charge on any atom is -0.399 e. The van der Waals surface area contributed by atoms with Crippen molar-refractivity contribution >= 4 is 32.5 Å². The molecule has 0 aliphatic heterocycles. The topological polar surface area (TPSA) is 34.5 Å². The molecule has 0 aliphatic carbocycles. The van der Waals surface area contributed by atoms with Crippen molar-refractivity contribution in [1.29, 1.82) is 0 Å². The molecule has 0 amide bonds. The lowest BCUT2D eigenvalue weighted by atomic mass is 10.0. The summed E-state index contributed by atoms with van der Waals surface area (Å²) >= 11 is 3.56. The molecule has 0 saturated heterocycles. The van der Waals surface area contributed by atoms with E-state index in [1.807, 2.05) is 54.7 Å². The highest BCUT2D eigenvalue weighted by Crippen LogP contribution is 2.22. The smallest absolute Gasteiger partial charge is 0.119 e. The molecule has 0 radical (unpaired) electrons. The Bertz CT molecular complexity index is 815. The lowest BCUT2D eigenvalue weighted by Crippen LogP contribution is -2.05. The first kappa shape index (κ1) is 13.8. The molecule has 0 saturated carbocycles. The van der Waals surface area contributed by atoms with E-state index < -0.39 is 0 Å². The van der Waals surface area contributed by atoms with Crippen molar-refractivity contribution in [2.75, 3.05) is 7.11 Å². The Labute approximate surface area is 131 Å². The summed E-state index contributed by atoms with van der Waals surface area (Å²) in [5, 5.41) is 5.25. The van der Waals surface area contributed by atoms with Gasteiger partial charge in [0.05, 0.1) is 5.52 Å². The van der Waals surface area contributed by atoms with Crippen molar-refractivity contribution in [3.05, 3.63) is 76.4 Å². The molecule has 0 N–H and O–H groups in total. The van der Waals surface area contributed by atoms with Gasteiger partial charge in [0, 0.05) is 27.2 Å². The van der Waals surface area contributed by atoms with Crippen molar-refractivity contribution < 1.29 is 4.84 Å². The van der Waals surface area contributed by atoms with E-state index >= 15 is 0 Å². The van der Waals surface area contributed by atoms with Crippen LogP contribution in [0.4, 0.5) is 0 Å². The van der Waals surface area contributed by atoms with Gasteiger partial charge in [-0.1, -0.05) is 57.5 Å². The van der Waals surface area contributed by atoms with Gasteiger partial charge >= 0.3 is 0 Å². The average molecular weight is 341 g/mol. The van der Waals surface area contributed by atoms with Crippen LogP contribution in [0.1, 0.15) is 11.1 Å². The maximum absolute atomic E-state index is 5.02. The Morgan fingerprint density at radius 2 is 1.86 bits per heavy atom. The zero-order valence-electron chi connectivity index (χ0n) is 11.5. The summed E-state index contributed by atoms with van der Waals surface area (Å²) in [6.45, 7) is 0. The van der Waals surface area contributed by atoms with E-state index in [0.29, 0.717) is 0 Å². The third-order valence-corrected chi connectivity index (χ3v) is 3.87. The van der Waals surface area contributed by atoms with Gasteiger partial charge < -0.3 is 4.84 Å². The summed E-state index contributed by atoms with van der Waals surface area (Å²) in [6, 6.07) is 18.0. The Balaban J connectivity index is 2.16. The Kier molecular flexibility index (Phi) is 3.97. The molecule has 2 aromatic carbocycles. The van der Waals surface area contributed by atoms with Crippen LogP contribution in [-0.4, -0.2) is 17.8 Å². The molecular weight excluding hydrogens is 328 g/mol. The number of oxime groups is 1. The van der Waals surface area contributed by atoms with Crippen LogP contribution in [0.25, 0.3) is 10.9 Å². The van der Waals surface area contributed by atoms with Gasteiger partial charge in [-0.2, -0.15) is 0 Å². The minimum atomic E-state index is 0.753. The van der Waals surface area contributed by atoms with Crippen LogP contribution in [0.5, 0.6) is 0 Å². The third kappa shape index (κ3) is 2.81. The van der Waals surface area contributed by atoms with Crippen molar-refractivity contribution in [1.82, 2.24) is 4.98 Å². The van der Waals surface area contributed by atoms with Crippen molar-refractivity contribution in [2.45, 2.75) is 0 Å². The van der Waals surface area contributed by atoms with Gasteiger partial charge in [-0.3, -0.25) is 4.98 Å². The van der Waals surface area contributed by atoms with Crippen LogP contribution in [0.2, 0.25) is 0 Å². The minimum absolute atomic E-state index is 0.753.